The molecule has 4 nitrogen and oxygen atoms in total. The summed E-state index contributed by atoms with van der Waals surface area (Å²) in [5.74, 6) is 0.857. The average molecular weight is 757 g/mol. The molecule has 0 aliphatic carbocycles. The van der Waals surface area contributed by atoms with Crippen LogP contribution in [-0.2, 0) is 15.0 Å². The van der Waals surface area contributed by atoms with Crippen molar-refractivity contribution in [3.63, 3.8) is 0 Å². The largest absolute Gasteiger partial charge is 0.427 e. The Hall–Kier alpha value is -3.14. The van der Waals surface area contributed by atoms with Gasteiger partial charge in [-0.05, 0) is 99.6 Å². The second-order valence-corrected chi connectivity index (χ2v) is 16.3. The van der Waals surface area contributed by atoms with Crippen LogP contribution in [0.3, 0.4) is 0 Å². The molecule has 0 radical (unpaired) electrons. The smallest absolute Gasteiger partial charge is 0.311 e. The third-order valence-corrected chi connectivity index (χ3v) is 10.9. The highest BCUT2D eigenvalue weighted by Crippen LogP contribution is 2.33. The van der Waals surface area contributed by atoms with Crippen molar-refractivity contribution < 1.29 is 19.1 Å². The molecule has 0 aliphatic rings. The first-order valence-electron chi connectivity index (χ1n) is 22.8. The van der Waals surface area contributed by atoms with Gasteiger partial charge in [0.15, 0.2) is 0 Å². The molecule has 2 rings (SSSR count). The predicted molar refractivity (Wildman–Crippen MR) is 235 cm³/mol. The zero-order valence-electron chi connectivity index (χ0n) is 35.9. The molecule has 0 fully saturated rings. The van der Waals surface area contributed by atoms with Gasteiger partial charge in [0.1, 0.15) is 11.5 Å². The normalized spacial score (nSPS) is 11.9. The molecule has 0 unspecified atom stereocenters. The minimum Gasteiger partial charge on any atom is -0.427 e. The molecule has 4 heteroatoms. The summed E-state index contributed by atoms with van der Waals surface area (Å²) in [4.78, 5) is 24.9. The van der Waals surface area contributed by atoms with Crippen LogP contribution >= 0.6 is 0 Å². The number of allylic oxidation sites excluding steroid dienone is 4. The Labute approximate surface area is 338 Å². The quantitative estimate of drug-likeness (QED) is 0.0309. The van der Waals surface area contributed by atoms with Gasteiger partial charge >= 0.3 is 11.9 Å². The maximum atomic E-state index is 12.5. The Morgan fingerprint density at radius 2 is 0.691 bits per heavy atom. The summed E-state index contributed by atoms with van der Waals surface area (Å²) in [5, 5.41) is 0. The van der Waals surface area contributed by atoms with Gasteiger partial charge in [-0.15, -0.1) is 0 Å². The van der Waals surface area contributed by atoms with Crippen LogP contribution in [0.5, 0.6) is 11.5 Å². The van der Waals surface area contributed by atoms with E-state index in [0.29, 0.717) is 24.3 Å². The third kappa shape index (κ3) is 24.2. The van der Waals surface area contributed by atoms with E-state index in [0.717, 1.165) is 36.8 Å². The van der Waals surface area contributed by atoms with Crippen LogP contribution < -0.4 is 9.47 Å². The number of carbonyl (C=O) groups is 2. The number of unbranched alkanes of at least 4 members (excludes halogenated alkanes) is 22. The predicted octanol–water partition coefficient (Wildman–Crippen LogP) is 15.9. The Kier molecular flexibility index (Phi) is 27.9. The highest BCUT2D eigenvalue weighted by Gasteiger charge is 2.23. The van der Waals surface area contributed by atoms with Crippen LogP contribution in [-0.4, -0.2) is 11.9 Å². The van der Waals surface area contributed by atoms with Gasteiger partial charge in [-0.25, -0.2) is 0 Å². The number of hydrogen-bond acceptors (Lipinski definition) is 4. The first kappa shape index (κ1) is 48.0. The number of carbonyl (C=O) groups excluding carboxylic acids is 2. The minimum absolute atomic E-state index is 0.160. The third-order valence-electron chi connectivity index (χ3n) is 10.9. The lowest BCUT2D eigenvalue weighted by atomic mass is 9.78. The van der Waals surface area contributed by atoms with Gasteiger partial charge in [-0.2, -0.15) is 0 Å². The van der Waals surface area contributed by atoms with Gasteiger partial charge in [0.05, 0.1) is 0 Å². The molecule has 0 amide bonds. The SMILES string of the molecule is CCCCCCCCC=CCCCCCCCC(=O)Oc1ccc(C(C)(C)c2ccc(OC(=O)CCCCCCCC=CCCCCCCCC)cc2)cc1. The molecule has 0 aromatic heterocycles. The van der Waals surface area contributed by atoms with E-state index in [9.17, 15) is 9.59 Å². The Morgan fingerprint density at radius 3 is 1.00 bits per heavy atom. The first-order chi connectivity index (χ1) is 26.9. The second kappa shape index (κ2) is 32.0. The molecule has 0 N–H and O–H groups in total. The minimum atomic E-state index is -0.265. The average Bonchev–Trinajstić information content (AvgIpc) is 3.18. The molecule has 2 aromatic carbocycles. The zero-order chi connectivity index (χ0) is 39.7. The Bertz CT molecular complexity index is 1190. The lowest BCUT2D eigenvalue weighted by Gasteiger charge is -2.26. The maximum absolute atomic E-state index is 12.5. The molecular weight excluding hydrogens is 677 g/mol. The summed E-state index contributed by atoms with van der Waals surface area (Å²) in [6, 6.07) is 15.7. The zero-order valence-corrected chi connectivity index (χ0v) is 35.9. The molecule has 0 heterocycles. The molecule has 2 aromatic rings. The van der Waals surface area contributed by atoms with E-state index in [1.54, 1.807) is 0 Å². The molecular formula is C51H80O4. The summed E-state index contributed by atoms with van der Waals surface area (Å²) < 4.78 is 11.3. The molecule has 0 saturated heterocycles. The van der Waals surface area contributed by atoms with Crippen molar-refractivity contribution in [1.82, 2.24) is 0 Å². The molecule has 0 bridgehead atoms. The topological polar surface area (TPSA) is 52.6 Å². The van der Waals surface area contributed by atoms with E-state index in [-0.39, 0.29) is 17.4 Å². The van der Waals surface area contributed by atoms with Crippen LogP contribution in [0.1, 0.15) is 219 Å². The maximum Gasteiger partial charge on any atom is 0.311 e. The number of benzene rings is 2. The molecule has 0 atom stereocenters. The summed E-state index contributed by atoms with van der Waals surface area (Å²) in [7, 11) is 0. The van der Waals surface area contributed by atoms with Gasteiger partial charge in [0.25, 0.3) is 0 Å². The van der Waals surface area contributed by atoms with Gasteiger partial charge in [-0.3, -0.25) is 9.59 Å². The van der Waals surface area contributed by atoms with Crippen LogP contribution in [0.15, 0.2) is 72.8 Å². The van der Waals surface area contributed by atoms with Crippen molar-refractivity contribution in [2.45, 2.75) is 213 Å². The highest BCUT2D eigenvalue weighted by molar-refractivity contribution is 5.72. The fraction of sp³-hybridized carbons (Fsp3) is 0.647. The summed E-state index contributed by atoms with van der Waals surface area (Å²) in [6.45, 7) is 8.89. The van der Waals surface area contributed by atoms with Crippen molar-refractivity contribution >= 4 is 11.9 Å². The van der Waals surface area contributed by atoms with E-state index in [4.69, 9.17) is 9.47 Å². The van der Waals surface area contributed by atoms with Gasteiger partial charge < -0.3 is 9.47 Å². The first-order valence-corrected chi connectivity index (χ1v) is 22.8. The van der Waals surface area contributed by atoms with Gasteiger partial charge in [0, 0.05) is 18.3 Å². The number of ether oxygens (including phenoxy) is 2. The van der Waals surface area contributed by atoms with E-state index < -0.39 is 0 Å². The molecule has 308 valence electrons. The van der Waals surface area contributed by atoms with Crippen LogP contribution in [0.25, 0.3) is 0 Å². The second-order valence-electron chi connectivity index (χ2n) is 16.3. The van der Waals surface area contributed by atoms with Gasteiger partial charge in [0.2, 0.25) is 0 Å². The number of esters is 2. The molecule has 0 spiro atoms. The summed E-state index contributed by atoms with van der Waals surface area (Å²) in [5.41, 5.74) is 1.98. The number of rotatable bonds is 34. The van der Waals surface area contributed by atoms with Crippen molar-refractivity contribution in [2.24, 2.45) is 0 Å². The molecule has 55 heavy (non-hydrogen) atoms. The van der Waals surface area contributed by atoms with Crippen molar-refractivity contribution in [1.29, 1.82) is 0 Å². The monoisotopic (exact) mass is 757 g/mol. The van der Waals surface area contributed by atoms with Crippen molar-refractivity contribution in [3.05, 3.63) is 84.0 Å². The van der Waals surface area contributed by atoms with Crippen LogP contribution in [0.2, 0.25) is 0 Å². The van der Waals surface area contributed by atoms with E-state index in [1.165, 1.54) is 141 Å². The van der Waals surface area contributed by atoms with E-state index in [1.807, 2.05) is 48.5 Å². The van der Waals surface area contributed by atoms with Crippen molar-refractivity contribution in [3.8, 4) is 11.5 Å². The highest BCUT2D eigenvalue weighted by atomic mass is 16.5. The summed E-state index contributed by atoms with van der Waals surface area (Å²) in [6.07, 6.45) is 42.6. The standard InChI is InChI=1S/C51H80O4/c1-5-7-9-11-13-15-17-19-21-23-25-27-29-31-33-35-49(52)54-47-41-37-45(38-42-47)51(3,4)46-39-43-48(44-40-46)55-50(53)36-34-32-30-28-26-24-22-20-18-16-14-12-10-8-6-2/h19-22,37-44H,5-18,23-36H2,1-4H3. The fourth-order valence-corrected chi connectivity index (χ4v) is 7.09. The molecule has 0 aliphatic heterocycles. The Balaban J connectivity index is 1.55. The lowest BCUT2D eigenvalue weighted by molar-refractivity contribution is -0.135. The van der Waals surface area contributed by atoms with E-state index >= 15 is 0 Å². The van der Waals surface area contributed by atoms with Crippen LogP contribution in [0.4, 0.5) is 0 Å². The fourth-order valence-electron chi connectivity index (χ4n) is 7.09. The Morgan fingerprint density at radius 1 is 0.418 bits per heavy atom. The molecule has 0 saturated carbocycles. The van der Waals surface area contributed by atoms with Crippen LogP contribution in [0, 0.1) is 0 Å². The summed E-state index contributed by atoms with van der Waals surface area (Å²) >= 11 is 0. The lowest BCUT2D eigenvalue weighted by Crippen LogP contribution is -2.19. The number of hydrogen-bond donors (Lipinski definition) is 0. The van der Waals surface area contributed by atoms with E-state index in [2.05, 4.69) is 52.0 Å². The van der Waals surface area contributed by atoms with Gasteiger partial charge in [-0.1, -0.05) is 179 Å². The van der Waals surface area contributed by atoms with Crippen molar-refractivity contribution in [2.75, 3.05) is 0 Å².